The molecule has 2 aromatic carbocycles. The molecule has 2 N–H and O–H groups in total. The van der Waals surface area contributed by atoms with Crippen LogP contribution < -0.4 is 10.5 Å². The Kier molecular flexibility index (Phi) is 6.68. The van der Waals surface area contributed by atoms with Gasteiger partial charge in [0.1, 0.15) is 23.6 Å². The van der Waals surface area contributed by atoms with Crippen LogP contribution in [-0.4, -0.2) is 36.3 Å². The number of nitrogens with zero attached hydrogens (tertiary/aromatic N) is 3. The zero-order valence-corrected chi connectivity index (χ0v) is 23.2. The molecular formula is C27H29F3N4O4Si. The second kappa shape index (κ2) is 9.61. The van der Waals surface area contributed by atoms with Crippen LogP contribution in [0.3, 0.4) is 0 Å². The lowest BCUT2D eigenvalue weighted by atomic mass is 9.98. The summed E-state index contributed by atoms with van der Waals surface area (Å²) >= 11 is 0. The smallest absolute Gasteiger partial charge is 0.422 e. The van der Waals surface area contributed by atoms with Crippen molar-refractivity contribution in [2.24, 2.45) is 5.73 Å². The average molecular weight is 559 g/mol. The summed E-state index contributed by atoms with van der Waals surface area (Å²) in [4.78, 5) is 4.19. The quantitative estimate of drug-likeness (QED) is 0.265. The Labute approximate surface area is 224 Å². The first kappa shape index (κ1) is 27.1. The van der Waals surface area contributed by atoms with Gasteiger partial charge in [-0.25, -0.2) is 0 Å². The Balaban J connectivity index is 1.48. The van der Waals surface area contributed by atoms with Crippen molar-refractivity contribution in [3.63, 3.8) is 0 Å². The van der Waals surface area contributed by atoms with Gasteiger partial charge in [-0.15, -0.1) is 0 Å². The van der Waals surface area contributed by atoms with Crippen molar-refractivity contribution in [1.29, 1.82) is 0 Å². The molecule has 0 bridgehead atoms. The predicted molar refractivity (Wildman–Crippen MR) is 140 cm³/mol. The van der Waals surface area contributed by atoms with Gasteiger partial charge in [0.15, 0.2) is 8.32 Å². The average Bonchev–Trinajstić information content (AvgIpc) is 3.53. The van der Waals surface area contributed by atoms with Crippen LogP contribution in [0.2, 0.25) is 18.1 Å². The van der Waals surface area contributed by atoms with Crippen molar-refractivity contribution in [1.82, 2.24) is 15.3 Å². The molecule has 0 amide bonds. The molecule has 0 aliphatic carbocycles. The van der Waals surface area contributed by atoms with Crippen LogP contribution in [0.1, 0.15) is 38.0 Å². The maximum atomic E-state index is 14.1. The minimum absolute atomic E-state index is 0.0114. The molecule has 2 atom stereocenters. The third-order valence-electron chi connectivity index (χ3n) is 7.27. The van der Waals surface area contributed by atoms with E-state index in [1.807, 2.05) is 6.07 Å². The summed E-state index contributed by atoms with van der Waals surface area (Å²) in [5.41, 5.74) is 6.47. The topological polar surface area (TPSA) is 109 Å². The largest absolute Gasteiger partial charge is 0.491 e. The van der Waals surface area contributed by atoms with E-state index in [9.17, 15) is 13.2 Å². The summed E-state index contributed by atoms with van der Waals surface area (Å²) in [5.74, 6) is -0.472. The van der Waals surface area contributed by atoms with E-state index in [2.05, 4.69) is 49.2 Å². The normalized spacial score (nSPS) is 18.1. The van der Waals surface area contributed by atoms with E-state index in [4.69, 9.17) is 23.9 Å². The van der Waals surface area contributed by atoms with E-state index >= 15 is 0 Å². The van der Waals surface area contributed by atoms with E-state index in [0.717, 1.165) is 5.56 Å². The van der Waals surface area contributed by atoms with Gasteiger partial charge < -0.3 is 23.9 Å². The van der Waals surface area contributed by atoms with Gasteiger partial charge in [0.25, 0.3) is 5.89 Å². The fraction of sp³-hybridized carbons (Fsp3) is 0.370. The number of nitrogens with two attached hydrogens (primary N) is 1. The summed E-state index contributed by atoms with van der Waals surface area (Å²) in [6.07, 6.45) is -5.13. The molecular weight excluding hydrogens is 529 g/mol. The Morgan fingerprint density at radius 2 is 1.69 bits per heavy atom. The van der Waals surface area contributed by atoms with Crippen LogP contribution >= 0.6 is 0 Å². The van der Waals surface area contributed by atoms with Gasteiger partial charge in [0.05, 0.1) is 12.1 Å². The number of fused-ring (bicyclic) bond motifs is 1. The van der Waals surface area contributed by atoms with E-state index < -0.39 is 31.7 Å². The van der Waals surface area contributed by atoms with E-state index in [0.29, 0.717) is 11.3 Å². The van der Waals surface area contributed by atoms with Crippen molar-refractivity contribution in [3.8, 4) is 40.0 Å². The first-order chi connectivity index (χ1) is 18.3. The summed E-state index contributed by atoms with van der Waals surface area (Å²) in [7, 11) is -2.14. The van der Waals surface area contributed by atoms with Gasteiger partial charge in [-0.05, 0) is 24.2 Å². The maximum Gasteiger partial charge on any atom is 0.422 e. The molecule has 206 valence electrons. The summed E-state index contributed by atoms with van der Waals surface area (Å²) in [6.45, 7) is 11.0. The highest BCUT2D eigenvalue weighted by atomic mass is 28.4. The van der Waals surface area contributed by atoms with Crippen LogP contribution in [0.15, 0.2) is 57.6 Å². The Morgan fingerprint density at radius 1 is 0.974 bits per heavy atom. The molecule has 2 aromatic heterocycles. The number of hydrogen-bond donors (Lipinski definition) is 1. The lowest BCUT2D eigenvalue weighted by Gasteiger charge is -2.42. The van der Waals surface area contributed by atoms with E-state index in [1.165, 1.54) is 12.1 Å². The predicted octanol–water partition coefficient (Wildman–Crippen LogP) is 6.86. The molecule has 3 heterocycles. The van der Waals surface area contributed by atoms with E-state index in [-0.39, 0.29) is 40.9 Å². The number of benzene rings is 2. The van der Waals surface area contributed by atoms with Crippen molar-refractivity contribution < 1.29 is 31.4 Å². The molecule has 0 unspecified atom stereocenters. The highest BCUT2D eigenvalue weighted by molar-refractivity contribution is 6.74. The lowest BCUT2D eigenvalue weighted by molar-refractivity contribution is -0.136. The van der Waals surface area contributed by atoms with Crippen molar-refractivity contribution in [2.75, 3.05) is 6.61 Å². The monoisotopic (exact) mass is 558 g/mol. The Bertz CT molecular complexity index is 1480. The second-order valence-corrected chi connectivity index (χ2v) is 15.8. The standard InChI is InChI=1S/C27H29F3N4O4Si/c1-26(2,3)39(4,5)38-22-17-12-11-16(13-19(17)35-14-18(22)31)24-32-25(37-34-24)23-20(27(28,29)30)21(33-36-23)15-9-7-6-8-10-15/h6-13,18,22H,14,31H2,1-5H3/t18-,22+/m1/s1. The zero-order valence-electron chi connectivity index (χ0n) is 22.2. The van der Waals surface area contributed by atoms with Gasteiger partial charge in [0.2, 0.25) is 11.6 Å². The number of rotatable bonds is 5. The number of hydrogen-bond acceptors (Lipinski definition) is 8. The highest BCUT2D eigenvalue weighted by Crippen LogP contribution is 2.45. The summed E-state index contributed by atoms with van der Waals surface area (Å²) in [5, 5.41) is 7.55. The highest BCUT2D eigenvalue weighted by Gasteiger charge is 2.44. The molecule has 12 heteroatoms. The fourth-order valence-corrected chi connectivity index (χ4v) is 5.40. The zero-order chi connectivity index (χ0) is 28.2. The molecule has 0 saturated heterocycles. The van der Waals surface area contributed by atoms with Gasteiger partial charge in [0, 0.05) is 16.7 Å². The number of aromatic nitrogens is 3. The summed E-state index contributed by atoms with van der Waals surface area (Å²) in [6, 6.07) is 12.9. The van der Waals surface area contributed by atoms with Crippen molar-refractivity contribution in [3.05, 3.63) is 59.7 Å². The van der Waals surface area contributed by atoms with Crippen molar-refractivity contribution >= 4 is 8.32 Å². The van der Waals surface area contributed by atoms with Gasteiger partial charge in [-0.2, -0.15) is 18.2 Å². The molecule has 1 aliphatic rings. The first-order valence-electron chi connectivity index (χ1n) is 12.4. The van der Waals surface area contributed by atoms with Crippen LogP contribution in [-0.2, 0) is 10.6 Å². The van der Waals surface area contributed by atoms with Crippen LogP contribution in [0.5, 0.6) is 5.75 Å². The molecule has 0 fully saturated rings. The second-order valence-electron chi connectivity index (χ2n) is 11.0. The van der Waals surface area contributed by atoms with Crippen LogP contribution in [0, 0.1) is 0 Å². The van der Waals surface area contributed by atoms with Gasteiger partial charge in [-0.1, -0.05) is 73.5 Å². The Morgan fingerprint density at radius 3 is 2.36 bits per heavy atom. The Hall–Kier alpha value is -3.48. The van der Waals surface area contributed by atoms with Crippen LogP contribution in [0.25, 0.3) is 34.3 Å². The SMILES string of the molecule is CC(C)(C)[Si](C)(C)O[C@H]1c2ccc(-c3noc(-c4onc(-c5ccccc5)c4C(F)(F)F)n3)cc2OC[C@H]1N. The number of halogens is 3. The maximum absolute atomic E-state index is 14.1. The molecule has 5 rings (SSSR count). The third kappa shape index (κ3) is 5.11. The fourth-order valence-electron chi connectivity index (χ4n) is 4.11. The molecule has 0 saturated carbocycles. The molecule has 0 spiro atoms. The molecule has 1 aliphatic heterocycles. The van der Waals surface area contributed by atoms with Crippen LogP contribution in [0.4, 0.5) is 13.2 Å². The van der Waals surface area contributed by atoms with Gasteiger partial charge in [-0.3, -0.25) is 0 Å². The molecule has 39 heavy (non-hydrogen) atoms. The first-order valence-corrected chi connectivity index (χ1v) is 15.3. The minimum atomic E-state index is -4.77. The van der Waals surface area contributed by atoms with E-state index in [1.54, 1.807) is 30.3 Å². The molecule has 0 radical (unpaired) electrons. The molecule has 8 nitrogen and oxygen atoms in total. The van der Waals surface area contributed by atoms with Gasteiger partial charge >= 0.3 is 6.18 Å². The third-order valence-corrected chi connectivity index (χ3v) is 11.7. The number of alkyl halides is 3. The lowest BCUT2D eigenvalue weighted by Crippen LogP contribution is -2.48. The number of ether oxygens (including phenoxy) is 1. The molecule has 4 aromatic rings. The minimum Gasteiger partial charge on any atom is -0.491 e. The van der Waals surface area contributed by atoms with Crippen molar-refractivity contribution in [2.45, 2.75) is 57.2 Å². The summed E-state index contributed by atoms with van der Waals surface area (Å²) < 4.78 is 65.0.